The fraction of sp³-hybridized carbons (Fsp3) is 0.600. The van der Waals surface area contributed by atoms with Crippen LogP contribution in [0.5, 0.6) is 0 Å². The molecule has 0 saturated carbocycles. The van der Waals surface area contributed by atoms with Crippen LogP contribution in [0.3, 0.4) is 0 Å². The molecule has 0 aliphatic carbocycles. The van der Waals surface area contributed by atoms with Crippen LogP contribution in [0.15, 0.2) is 18.5 Å². The lowest BCUT2D eigenvalue weighted by molar-refractivity contribution is 0.0130. The largest absolute Gasteiger partial charge is 0.444 e. The maximum absolute atomic E-state index is 12.3. The highest BCUT2D eigenvalue weighted by atomic mass is 16.6. The molecule has 1 aliphatic rings. The number of amides is 1. The summed E-state index contributed by atoms with van der Waals surface area (Å²) in [6.45, 7) is 6.31. The lowest BCUT2D eigenvalue weighted by Gasteiger charge is -2.37. The van der Waals surface area contributed by atoms with Crippen LogP contribution >= 0.6 is 0 Å². The number of carbonyl (C=O) groups excluding carboxylic acids is 1. The molecule has 0 bridgehead atoms. The van der Waals surface area contributed by atoms with Gasteiger partial charge in [0.05, 0.1) is 17.6 Å². The predicted molar refractivity (Wildman–Crippen MR) is 82.9 cm³/mol. The van der Waals surface area contributed by atoms with Gasteiger partial charge in [-0.05, 0) is 46.1 Å². The summed E-state index contributed by atoms with van der Waals surface area (Å²) in [5.41, 5.74) is 6.78. The van der Waals surface area contributed by atoms with Crippen LogP contribution in [0.4, 0.5) is 16.2 Å². The first-order chi connectivity index (χ1) is 9.87. The monoisotopic (exact) mass is 292 g/mol. The van der Waals surface area contributed by atoms with E-state index in [0.717, 1.165) is 24.9 Å². The molecule has 0 spiro atoms. The average molecular weight is 292 g/mol. The van der Waals surface area contributed by atoms with Crippen LogP contribution < -0.4 is 11.1 Å². The number of pyridine rings is 1. The molecule has 0 radical (unpaired) electrons. The number of nitrogens with one attached hydrogen (secondary N) is 1. The van der Waals surface area contributed by atoms with Gasteiger partial charge in [0.2, 0.25) is 0 Å². The minimum atomic E-state index is -0.491. The average Bonchev–Trinajstić information content (AvgIpc) is 2.40. The molecule has 1 unspecified atom stereocenters. The van der Waals surface area contributed by atoms with Crippen LogP contribution in [-0.4, -0.2) is 34.3 Å². The van der Waals surface area contributed by atoms with Gasteiger partial charge in [-0.2, -0.15) is 0 Å². The molecule has 1 aliphatic heterocycles. The molecule has 2 rings (SSSR count). The van der Waals surface area contributed by atoms with Crippen molar-refractivity contribution >= 4 is 17.5 Å². The Morgan fingerprint density at radius 1 is 1.48 bits per heavy atom. The van der Waals surface area contributed by atoms with Crippen molar-refractivity contribution < 1.29 is 9.53 Å². The van der Waals surface area contributed by atoms with Gasteiger partial charge >= 0.3 is 6.09 Å². The van der Waals surface area contributed by atoms with Crippen molar-refractivity contribution in [1.29, 1.82) is 0 Å². The van der Waals surface area contributed by atoms with Crippen molar-refractivity contribution in [3.8, 4) is 0 Å². The molecule has 1 atom stereocenters. The normalized spacial score (nSPS) is 19.2. The van der Waals surface area contributed by atoms with Gasteiger partial charge in [-0.3, -0.25) is 9.88 Å². The number of likely N-dealkylation sites (tertiary alicyclic amines) is 1. The van der Waals surface area contributed by atoms with Gasteiger partial charge in [0.25, 0.3) is 0 Å². The third-order valence-electron chi connectivity index (χ3n) is 3.30. The van der Waals surface area contributed by atoms with Crippen LogP contribution in [0.25, 0.3) is 0 Å². The maximum atomic E-state index is 12.3. The molecule has 0 aromatic carbocycles. The van der Waals surface area contributed by atoms with Crippen molar-refractivity contribution in [3.05, 3.63) is 18.5 Å². The Morgan fingerprint density at radius 3 is 2.90 bits per heavy atom. The molecule has 1 fully saturated rings. The number of nitrogens with zero attached hydrogens (tertiary/aromatic N) is 2. The Balaban J connectivity index is 2.09. The summed E-state index contributed by atoms with van der Waals surface area (Å²) >= 11 is 0. The number of piperidine rings is 1. The van der Waals surface area contributed by atoms with Crippen LogP contribution in [0, 0.1) is 0 Å². The van der Waals surface area contributed by atoms with Crippen LogP contribution in [0.2, 0.25) is 0 Å². The predicted octanol–water partition coefficient (Wildman–Crippen LogP) is 2.82. The number of hydrogen-bond donors (Lipinski definition) is 2. The zero-order valence-corrected chi connectivity index (χ0v) is 12.9. The number of rotatable bonds is 2. The Bertz CT molecular complexity index is 499. The van der Waals surface area contributed by atoms with Crippen molar-refractivity contribution in [2.45, 2.75) is 51.8 Å². The van der Waals surface area contributed by atoms with E-state index in [4.69, 9.17) is 10.5 Å². The summed E-state index contributed by atoms with van der Waals surface area (Å²) in [4.78, 5) is 18.0. The second kappa shape index (κ2) is 6.20. The van der Waals surface area contributed by atoms with E-state index in [1.807, 2.05) is 26.8 Å². The number of hydrogen-bond acceptors (Lipinski definition) is 5. The molecular formula is C15H24N4O2. The SMILES string of the molecule is CC(C)(C)OC(=O)N1CCCCC1Nc1ccncc1N. The summed E-state index contributed by atoms with van der Waals surface area (Å²) in [6.07, 6.45) is 5.83. The van der Waals surface area contributed by atoms with Gasteiger partial charge in [-0.25, -0.2) is 4.79 Å². The third-order valence-corrected chi connectivity index (χ3v) is 3.30. The number of aromatic nitrogens is 1. The molecule has 3 N–H and O–H groups in total. The van der Waals surface area contributed by atoms with Gasteiger partial charge in [0.15, 0.2) is 0 Å². The molecule has 1 aromatic heterocycles. The first kappa shape index (κ1) is 15.4. The Kier molecular flexibility index (Phi) is 4.55. The maximum Gasteiger partial charge on any atom is 0.411 e. The highest BCUT2D eigenvalue weighted by molar-refractivity contribution is 5.70. The third kappa shape index (κ3) is 4.24. The summed E-state index contributed by atoms with van der Waals surface area (Å²) in [5, 5.41) is 3.33. The molecule has 6 heteroatoms. The number of nitrogen functional groups attached to an aromatic ring is 1. The van der Waals surface area contributed by atoms with Gasteiger partial charge < -0.3 is 15.8 Å². The molecule has 6 nitrogen and oxygen atoms in total. The molecule has 1 saturated heterocycles. The lowest BCUT2D eigenvalue weighted by Crippen LogP contribution is -2.49. The second-order valence-electron chi connectivity index (χ2n) is 6.29. The van der Waals surface area contributed by atoms with Gasteiger partial charge in [-0.1, -0.05) is 0 Å². The Hall–Kier alpha value is -1.98. The van der Waals surface area contributed by atoms with Crippen molar-refractivity contribution in [2.24, 2.45) is 0 Å². The first-order valence-electron chi connectivity index (χ1n) is 7.32. The van der Waals surface area contributed by atoms with Crippen molar-refractivity contribution in [3.63, 3.8) is 0 Å². The topological polar surface area (TPSA) is 80.5 Å². The van der Waals surface area contributed by atoms with Gasteiger partial charge in [-0.15, -0.1) is 0 Å². The minimum Gasteiger partial charge on any atom is -0.444 e. The first-order valence-corrected chi connectivity index (χ1v) is 7.32. The second-order valence-corrected chi connectivity index (χ2v) is 6.29. The molecule has 21 heavy (non-hydrogen) atoms. The summed E-state index contributed by atoms with van der Waals surface area (Å²) in [7, 11) is 0. The fourth-order valence-corrected chi connectivity index (χ4v) is 2.34. The van der Waals surface area contributed by atoms with E-state index in [9.17, 15) is 4.79 Å². The molecule has 116 valence electrons. The van der Waals surface area contributed by atoms with E-state index in [0.29, 0.717) is 12.2 Å². The molecular weight excluding hydrogens is 268 g/mol. The van der Waals surface area contributed by atoms with E-state index < -0.39 is 5.60 Å². The van der Waals surface area contributed by atoms with Crippen molar-refractivity contribution in [1.82, 2.24) is 9.88 Å². The number of ether oxygens (including phenoxy) is 1. The van der Waals surface area contributed by atoms with E-state index in [1.165, 1.54) is 0 Å². The van der Waals surface area contributed by atoms with E-state index >= 15 is 0 Å². The molecule has 1 amide bonds. The minimum absolute atomic E-state index is 0.0988. The van der Waals surface area contributed by atoms with Crippen LogP contribution in [-0.2, 0) is 4.74 Å². The summed E-state index contributed by atoms with van der Waals surface area (Å²) in [5.74, 6) is 0. The molecule has 1 aromatic rings. The molecule has 2 heterocycles. The highest BCUT2D eigenvalue weighted by Gasteiger charge is 2.30. The van der Waals surface area contributed by atoms with Gasteiger partial charge in [0, 0.05) is 12.7 Å². The quantitative estimate of drug-likeness (QED) is 0.876. The number of nitrogens with two attached hydrogens (primary N) is 1. The Morgan fingerprint density at radius 2 is 2.24 bits per heavy atom. The lowest BCUT2D eigenvalue weighted by atomic mass is 10.1. The smallest absolute Gasteiger partial charge is 0.411 e. The highest BCUT2D eigenvalue weighted by Crippen LogP contribution is 2.24. The van der Waals surface area contributed by atoms with E-state index in [2.05, 4.69) is 10.3 Å². The number of carbonyl (C=O) groups is 1. The number of anilines is 2. The Labute approximate surface area is 125 Å². The fourth-order valence-electron chi connectivity index (χ4n) is 2.34. The van der Waals surface area contributed by atoms with Crippen LogP contribution in [0.1, 0.15) is 40.0 Å². The zero-order valence-electron chi connectivity index (χ0n) is 12.9. The van der Waals surface area contributed by atoms with E-state index in [1.54, 1.807) is 17.3 Å². The van der Waals surface area contributed by atoms with Crippen molar-refractivity contribution in [2.75, 3.05) is 17.6 Å². The standard InChI is InChI=1S/C15H24N4O2/c1-15(2,3)21-14(20)19-9-5-4-6-13(19)18-12-7-8-17-10-11(12)16/h7-8,10,13H,4-6,9,16H2,1-3H3,(H,17,18). The zero-order chi connectivity index (χ0) is 15.5. The summed E-state index contributed by atoms with van der Waals surface area (Å²) < 4.78 is 5.48. The summed E-state index contributed by atoms with van der Waals surface area (Å²) in [6, 6.07) is 1.82. The van der Waals surface area contributed by atoms with E-state index in [-0.39, 0.29) is 12.3 Å². The van der Waals surface area contributed by atoms with Gasteiger partial charge in [0.1, 0.15) is 11.8 Å².